The van der Waals surface area contributed by atoms with Crippen molar-refractivity contribution in [1.82, 2.24) is 19.9 Å². The fraction of sp³-hybridized carbons (Fsp3) is 0.400. The summed E-state index contributed by atoms with van der Waals surface area (Å²) < 4.78 is 6.49. The van der Waals surface area contributed by atoms with Crippen molar-refractivity contribution in [2.75, 3.05) is 25.1 Å². The van der Waals surface area contributed by atoms with Gasteiger partial charge in [-0.15, -0.1) is 5.10 Å². The summed E-state index contributed by atoms with van der Waals surface area (Å²) in [6.07, 6.45) is 1.74. The van der Waals surface area contributed by atoms with Gasteiger partial charge in [-0.1, -0.05) is 23.5 Å². The zero-order chi connectivity index (χ0) is 20.4. The number of benzene rings is 1. The first-order valence-electron chi connectivity index (χ1n) is 9.56. The molecule has 8 nitrogen and oxygen atoms in total. The zero-order valence-electron chi connectivity index (χ0n) is 16.4. The molecule has 0 saturated carbocycles. The molecule has 1 aliphatic heterocycles. The molecule has 9 heteroatoms. The monoisotopic (exact) mass is 413 g/mol. The summed E-state index contributed by atoms with van der Waals surface area (Å²) in [5, 5.41) is 8.18. The summed E-state index contributed by atoms with van der Waals surface area (Å²) in [6.45, 7) is 3.68. The molecule has 1 atom stereocenters. The highest BCUT2D eigenvalue weighted by Gasteiger charge is 2.27. The van der Waals surface area contributed by atoms with Gasteiger partial charge in [-0.25, -0.2) is 4.98 Å². The SMILES string of the molecule is COc1ccc(CNC(=O)C2CCCN(c3nn4c(=O)cc(C)nc4s3)C2)cc1. The molecule has 29 heavy (non-hydrogen) atoms. The minimum absolute atomic E-state index is 0.0396. The third kappa shape index (κ3) is 4.24. The molecule has 3 aromatic rings. The molecular formula is C20H23N5O3S. The van der Waals surface area contributed by atoms with Gasteiger partial charge in [-0.2, -0.15) is 4.52 Å². The van der Waals surface area contributed by atoms with Crippen molar-refractivity contribution in [1.29, 1.82) is 0 Å². The number of carbonyl (C=O) groups is 1. The van der Waals surface area contributed by atoms with Crippen LogP contribution in [-0.2, 0) is 11.3 Å². The molecule has 1 fully saturated rings. The number of aryl methyl sites for hydroxylation is 1. The number of nitrogens with zero attached hydrogens (tertiary/aromatic N) is 4. The topological polar surface area (TPSA) is 88.8 Å². The highest BCUT2D eigenvalue weighted by molar-refractivity contribution is 7.20. The maximum absolute atomic E-state index is 12.7. The van der Waals surface area contributed by atoms with Crippen LogP contribution in [0.4, 0.5) is 5.13 Å². The molecule has 0 radical (unpaired) electrons. The van der Waals surface area contributed by atoms with Gasteiger partial charge in [0.1, 0.15) is 5.75 Å². The van der Waals surface area contributed by atoms with E-state index in [1.807, 2.05) is 24.3 Å². The molecule has 1 saturated heterocycles. The second-order valence-electron chi connectivity index (χ2n) is 7.17. The van der Waals surface area contributed by atoms with E-state index in [2.05, 4.69) is 20.3 Å². The summed E-state index contributed by atoms with van der Waals surface area (Å²) in [6, 6.07) is 9.13. The summed E-state index contributed by atoms with van der Waals surface area (Å²) in [7, 11) is 1.63. The molecule has 2 aromatic heterocycles. The molecule has 0 aliphatic carbocycles. The Morgan fingerprint density at radius 2 is 2.14 bits per heavy atom. The molecule has 1 aromatic carbocycles. The highest BCUT2D eigenvalue weighted by Crippen LogP contribution is 2.27. The van der Waals surface area contributed by atoms with Crippen molar-refractivity contribution in [3.05, 3.63) is 51.9 Å². The van der Waals surface area contributed by atoms with Crippen LogP contribution in [0.1, 0.15) is 24.1 Å². The van der Waals surface area contributed by atoms with E-state index in [9.17, 15) is 9.59 Å². The lowest BCUT2D eigenvalue weighted by Crippen LogP contribution is -2.43. The van der Waals surface area contributed by atoms with E-state index in [1.54, 1.807) is 14.0 Å². The van der Waals surface area contributed by atoms with E-state index >= 15 is 0 Å². The maximum Gasteiger partial charge on any atom is 0.275 e. The van der Waals surface area contributed by atoms with Gasteiger partial charge < -0.3 is 15.0 Å². The molecule has 0 bridgehead atoms. The van der Waals surface area contributed by atoms with E-state index in [1.165, 1.54) is 21.9 Å². The van der Waals surface area contributed by atoms with Crippen molar-refractivity contribution in [3.8, 4) is 5.75 Å². The highest BCUT2D eigenvalue weighted by atomic mass is 32.1. The van der Waals surface area contributed by atoms with Gasteiger partial charge in [0.25, 0.3) is 5.56 Å². The Morgan fingerprint density at radius 3 is 2.90 bits per heavy atom. The van der Waals surface area contributed by atoms with E-state index in [-0.39, 0.29) is 17.4 Å². The number of carbonyl (C=O) groups excluding carboxylic acids is 1. The summed E-state index contributed by atoms with van der Waals surface area (Å²) in [5.41, 5.74) is 1.53. The van der Waals surface area contributed by atoms with Crippen molar-refractivity contribution in [2.45, 2.75) is 26.3 Å². The molecular weight excluding hydrogens is 390 g/mol. The van der Waals surface area contributed by atoms with Gasteiger partial charge in [0.05, 0.1) is 13.0 Å². The van der Waals surface area contributed by atoms with Crippen LogP contribution in [-0.4, -0.2) is 40.7 Å². The third-order valence-electron chi connectivity index (χ3n) is 5.05. The van der Waals surface area contributed by atoms with Crippen LogP contribution in [0, 0.1) is 12.8 Å². The minimum atomic E-state index is -0.180. The van der Waals surface area contributed by atoms with E-state index in [4.69, 9.17) is 4.74 Å². The van der Waals surface area contributed by atoms with E-state index in [0.29, 0.717) is 23.7 Å². The number of ether oxygens (including phenoxy) is 1. The average molecular weight is 414 g/mol. The first-order valence-corrected chi connectivity index (χ1v) is 10.4. The number of amides is 1. The van der Waals surface area contributed by atoms with Crippen LogP contribution < -0.4 is 20.5 Å². The van der Waals surface area contributed by atoms with Gasteiger partial charge in [0, 0.05) is 31.4 Å². The Kier molecular flexibility index (Phi) is 5.48. The Bertz CT molecular complexity index is 1080. The quantitative estimate of drug-likeness (QED) is 0.688. The maximum atomic E-state index is 12.7. The van der Waals surface area contributed by atoms with Gasteiger partial charge in [0.2, 0.25) is 16.0 Å². The fourth-order valence-corrected chi connectivity index (χ4v) is 4.47. The molecule has 1 amide bonds. The lowest BCUT2D eigenvalue weighted by atomic mass is 9.97. The van der Waals surface area contributed by atoms with Gasteiger partial charge in [-0.05, 0) is 37.5 Å². The lowest BCUT2D eigenvalue weighted by molar-refractivity contribution is -0.125. The molecule has 0 spiro atoms. The number of aromatic nitrogens is 3. The Morgan fingerprint density at radius 1 is 1.34 bits per heavy atom. The van der Waals surface area contributed by atoms with E-state index < -0.39 is 0 Å². The first-order chi connectivity index (χ1) is 14.0. The van der Waals surface area contributed by atoms with Gasteiger partial charge >= 0.3 is 0 Å². The predicted octanol–water partition coefficient (Wildman–Crippen LogP) is 2.00. The van der Waals surface area contributed by atoms with Crippen molar-refractivity contribution < 1.29 is 9.53 Å². The number of hydrogen-bond donors (Lipinski definition) is 1. The number of rotatable bonds is 5. The normalized spacial score (nSPS) is 16.8. The fourth-order valence-electron chi connectivity index (χ4n) is 3.48. The molecule has 3 heterocycles. The summed E-state index contributed by atoms with van der Waals surface area (Å²) in [4.78, 5) is 31.8. The minimum Gasteiger partial charge on any atom is -0.497 e. The number of fused-ring (bicyclic) bond motifs is 1. The first kappa shape index (κ1) is 19.4. The van der Waals surface area contributed by atoms with Crippen LogP contribution in [0.5, 0.6) is 5.75 Å². The van der Waals surface area contributed by atoms with Crippen molar-refractivity contribution in [2.24, 2.45) is 5.92 Å². The van der Waals surface area contributed by atoms with Crippen LogP contribution in [0.15, 0.2) is 35.1 Å². The number of methoxy groups -OCH3 is 1. The van der Waals surface area contributed by atoms with Crippen LogP contribution in [0.3, 0.4) is 0 Å². The molecule has 1 unspecified atom stereocenters. The van der Waals surface area contributed by atoms with Crippen LogP contribution in [0.25, 0.3) is 4.96 Å². The number of hydrogen-bond acceptors (Lipinski definition) is 7. The van der Waals surface area contributed by atoms with Crippen LogP contribution >= 0.6 is 11.3 Å². The molecule has 1 N–H and O–H groups in total. The summed E-state index contributed by atoms with van der Waals surface area (Å²) in [5.74, 6) is 0.723. The molecule has 1 aliphatic rings. The Hall–Kier alpha value is -2.94. The average Bonchev–Trinajstić information content (AvgIpc) is 3.17. The third-order valence-corrected chi connectivity index (χ3v) is 6.02. The summed E-state index contributed by atoms with van der Waals surface area (Å²) >= 11 is 1.38. The lowest BCUT2D eigenvalue weighted by Gasteiger charge is -2.31. The molecule has 4 rings (SSSR count). The Balaban J connectivity index is 1.41. The smallest absolute Gasteiger partial charge is 0.275 e. The predicted molar refractivity (Wildman–Crippen MR) is 112 cm³/mol. The van der Waals surface area contributed by atoms with Gasteiger partial charge in [0.15, 0.2) is 0 Å². The van der Waals surface area contributed by atoms with E-state index in [0.717, 1.165) is 35.8 Å². The number of nitrogens with one attached hydrogen (secondary N) is 1. The van der Waals surface area contributed by atoms with Gasteiger partial charge in [-0.3, -0.25) is 9.59 Å². The standard InChI is InChI=1S/C20H23N5O3S/c1-13-10-17(26)25-19(22-13)29-20(23-25)24-9-3-4-15(12-24)18(27)21-11-14-5-7-16(28-2)8-6-14/h5-8,10,15H,3-4,9,11-12H2,1-2H3,(H,21,27). The zero-order valence-corrected chi connectivity index (χ0v) is 17.2. The molecule has 152 valence electrons. The van der Waals surface area contributed by atoms with Crippen molar-refractivity contribution >= 4 is 27.3 Å². The number of piperidine rings is 1. The second kappa shape index (κ2) is 8.20. The second-order valence-corrected chi connectivity index (χ2v) is 8.10. The van der Waals surface area contributed by atoms with Crippen molar-refractivity contribution in [3.63, 3.8) is 0 Å². The largest absolute Gasteiger partial charge is 0.497 e. The number of anilines is 1. The Labute approximate surface area is 172 Å². The van der Waals surface area contributed by atoms with Crippen LogP contribution in [0.2, 0.25) is 0 Å².